The normalized spacial score (nSPS) is 11.6. The Kier molecular flexibility index (Phi) is 6.73. The van der Waals surface area contributed by atoms with Crippen LogP contribution in [-0.2, 0) is 0 Å². The molecule has 0 radical (unpaired) electrons. The molecule has 0 aliphatic rings. The topological polar surface area (TPSA) is 0 Å². The Labute approximate surface area is 77.8 Å². The van der Waals surface area contributed by atoms with Crippen LogP contribution in [0, 0.1) is 0 Å². The molecule has 0 aromatic carbocycles. The van der Waals surface area contributed by atoms with Crippen LogP contribution in [0.4, 0.5) is 13.2 Å². The summed E-state index contributed by atoms with van der Waals surface area (Å²) in [5.74, 6) is 0. The molecule has 0 aliphatic carbocycles. The fourth-order valence-corrected chi connectivity index (χ4v) is 1.14. The van der Waals surface area contributed by atoms with Crippen molar-refractivity contribution in [3.63, 3.8) is 0 Å². The lowest BCUT2D eigenvalue weighted by Gasteiger charge is -2.04. The van der Waals surface area contributed by atoms with Crippen molar-refractivity contribution in [2.24, 2.45) is 0 Å². The monoisotopic (exact) mass is 194 g/mol. The van der Waals surface area contributed by atoms with Crippen LogP contribution in [-0.4, -0.2) is 6.18 Å². The summed E-state index contributed by atoms with van der Waals surface area (Å²) in [4.78, 5) is 0. The number of halogens is 3. The first-order valence-corrected chi connectivity index (χ1v) is 4.74. The molecule has 0 saturated carbocycles. The van der Waals surface area contributed by atoms with Crippen molar-refractivity contribution < 1.29 is 13.2 Å². The van der Waals surface area contributed by atoms with Crippen molar-refractivity contribution in [3.8, 4) is 0 Å². The Hall–Kier alpha value is -0.470. The summed E-state index contributed by atoms with van der Waals surface area (Å²) in [5, 5.41) is 0. The molecule has 0 N–H and O–H groups in total. The lowest BCUT2D eigenvalue weighted by molar-refractivity contribution is -0.135. The van der Waals surface area contributed by atoms with Gasteiger partial charge in [-0.25, -0.2) is 0 Å². The summed E-state index contributed by atoms with van der Waals surface area (Å²) < 4.78 is 35.0. The number of alkyl halides is 3. The zero-order valence-corrected chi connectivity index (χ0v) is 7.87. The Bertz CT molecular complexity index is 127. The maximum atomic E-state index is 11.7. The predicted octanol–water partition coefficient (Wildman–Crippen LogP) is 4.47. The highest BCUT2D eigenvalue weighted by Gasteiger charge is 2.25. The van der Waals surface area contributed by atoms with Crippen molar-refractivity contribution in [1.29, 1.82) is 0 Å². The van der Waals surface area contributed by atoms with E-state index in [2.05, 4.69) is 6.58 Å². The van der Waals surface area contributed by atoms with E-state index in [1.807, 2.05) is 6.08 Å². The zero-order chi connectivity index (χ0) is 10.2. The molecular weight excluding hydrogens is 177 g/mol. The minimum absolute atomic E-state index is 0.275. The first-order valence-electron chi connectivity index (χ1n) is 4.74. The third-order valence-corrected chi connectivity index (χ3v) is 1.87. The molecule has 78 valence electrons. The van der Waals surface area contributed by atoms with Gasteiger partial charge in [-0.05, 0) is 19.3 Å². The van der Waals surface area contributed by atoms with Gasteiger partial charge in [0.1, 0.15) is 0 Å². The van der Waals surface area contributed by atoms with Crippen molar-refractivity contribution in [3.05, 3.63) is 12.7 Å². The Balaban J connectivity index is 3.04. The lowest BCUT2D eigenvalue weighted by atomic mass is 10.1. The van der Waals surface area contributed by atoms with Crippen LogP contribution < -0.4 is 0 Å². The van der Waals surface area contributed by atoms with Crippen LogP contribution in [0.3, 0.4) is 0 Å². The van der Waals surface area contributed by atoms with E-state index in [1.54, 1.807) is 0 Å². The number of hydrogen-bond acceptors (Lipinski definition) is 0. The molecule has 0 nitrogen and oxygen atoms in total. The van der Waals surface area contributed by atoms with Gasteiger partial charge < -0.3 is 0 Å². The van der Waals surface area contributed by atoms with Gasteiger partial charge >= 0.3 is 6.18 Å². The second-order valence-electron chi connectivity index (χ2n) is 3.21. The van der Waals surface area contributed by atoms with Crippen molar-refractivity contribution in [2.45, 2.75) is 51.1 Å². The van der Waals surface area contributed by atoms with E-state index in [9.17, 15) is 13.2 Å². The lowest BCUT2D eigenvalue weighted by Crippen LogP contribution is -2.06. The van der Waals surface area contributed by atoms with Crippen molar-refractivity contribution in [1.82, 2.24) is 0 Å². The van der Waals surface area contributed by atoms with Crippen LogP contribution in [0.25, 0.3) is 0 Å². The van der Waals surface area contributed by atoms with Crippen molar-refractivity contribution in [2.75, 3.05) is 0 Å². The van der Waals surface area contributed by atoms with Gasteiger partial charge in [0.2, 0.25) is 0 Å². The first kappa shape index (κ1) is 12.5. The molecule has 0 heterocycles. The average Bonchev–Trinajstić information content (AvgIpc) is 2.01. The minimum Gasteiger partial charge on any atom is -0.171 e. The predicted molar refractivity (Wildman–Crippen MR) is 48.6 cm³/mol. The maximum Gasteiger partial charge on any atom is 0.389 e. The van der Waals surface area contributed by atoms with Gasteiger partial charge in [-0.2, -0.15) is 13.2 Å². The van der Waals surface area contributed by atoms with E-state index in [4.69, 9.17) is 0 Å². The molecule has 0 aromatic rings. The molecule has 13 heavy (non-hydrogen) atoms. The van der Waals surface area contributed by atoms with E-state index in [0.29, 0.717) is 6.42 Å². The van der Waals surface area contributed by atoms with Gasteiger partial charge in [0.05, 0.1) is 0 Å². The second kappa shape index (κ2) is 6.98. The molecule has 0 aromatic heterocycles. The number of hydrogen-bond donors (Lipinski definition) is 0. The molecule has 0 unspecified atom stereocenters. The Morgan fingerprint density at radius 3 is 2.00 bits per heavy atom. The minimum atomic E-state index is -3.97. The molecule has 0 saturated heterocycles. The highest BCUT2D eigenvalue weighted by Crippen LogP contribution is 2.23. The molecule has 0 rings (SSSR count). The SMILES string of the molecule is C=CCCCCCCCC(F)(F)F. The summed E-state index contributed by atoms with van der Waals surface area (Å²) in [6, 6.07) is 0. The third-order valence-electron chi connectivity index (χ3n) is 1.87. The van der Waals surface area contributed by atoms with Crippen LogP contribution >= 0.6 is 0 Å². The van der Waals surface area contributed by atoms with E-state index in [1.165, 1.54) is 0 Å². The van der Waals surface area contributed by atoms with Gasteiger partial charge in [-0.15, -0.1) is 6.58 Å². The summed E-state index contributed by atoms with van der Waals surface area (Å²) in [6.45, 7) is 3.58. The van der Waals surface area contributed by atoms with E-state index < -0.39 is 12.6 Å². The molecule has 0 fully saturated rings. The van der Waals surface area contributed by atoms with Crippen molar-refractivity contribution >= 4 is 0 Å². The van der Waals surface area contributed by atoms with Gasteiger partial charge in [-0.1, -0.05) is 25.3 Å². The third kappa shape index (κ3) is 11.5. The quantitative estimate of drug-likeness (QED) is 0.414. The number of unbranched alkanes of at least 4 members (excludes halogenated alkanes) is 5. The highest BCUT2D eigenvalue weighted by molar-refractivity contribution is 4.65. The van der Waals surface area contributed by atoms with Crippen LogP contribution in [0.1, 0.15) is 44.9 Å². The van der Waals surface area contributed by atoms with Crippen LogP contribution in [0.15, 0.2) is 12.7 Å². The van der Waals surface area contributed by atoms with Gasteiger partial charge in [0, 0.05) is 6.42 Å². The van der Waals surface area contributed by atoms with Crippen LogP contribution in [0.5, 0.6) is 0 Å². The Morgan fingerprint density at radius 1 is 0.923 bits per heavy atom. The van der Waals surface area contributed by atoms with E-state index in [0.717, 1.165) is 25.7 Å². The molecule has 0 aliphatic heterocycles. The number of allylic oxidation sites excluding steroid dienone is 1. The highest BCUT2D eigenvalue weighted by atomic mass is 19.4. The summed E-state index contributed by atoms with van der Waals surface area (Å²) in [6.07, 6.45) is 2.15. The standard InChI is InChI=1S/C10H17F3/c1-2-3-4-5-6-7-8-9-10(11,12)13/h2H,1,3-9H2. The molecule has 0 bridgehead atoms. The van der Waals surface area contributed by atoms with Gasteiger partial charge in [0.25, 0.3) is 0 Å². The summed E-state index contributed by atoms with van der Waals surface area (Å²) in [5.41, 5.74) is 0. The summed E-state index contributed by atoms with van der Waals surface area (Å²) >= 11 is 0. The Morgan fingerprint density at radius 2 is 1.46 bits per heavy atom. The second-order valence-corrected chi connectivity index (χ2v) is 3.21. The average molecular weight is 194 g/mol. The van der Waals surface area contributed by atoms with Gasteiger partial charge in [-0.3, -0.25) is 0 Å². The molecule has 0 atom stereocenters. The first-order chi connectivity index (χ1) is 6.06. The largest absolute Gasteiger partial charge is 0.389 e. The number of rotatable bonds is 7. The smallest absolute Gasteiger partial charge is 0.171 e. The fourth-order valence-electron chi connectivity index (χ4n) is 1.14. The molecule has 0 amide bonds. The fraction of sp³-hybridized carbons (Fsp3) is 0.800. The van der Waals surface area contributed by atoms with E-state index in [-0.39, 0.29) is 6.42 Å². The zero-order valence-electron chi connectivity index (χ0n) is 7.87. The molecular formula is C10H17F3. The molecule has 0 spiro atoms. The van der Waals surface area contributed by atoms with E-state index >= 15 is 0 Å². The maximum absolute atomic E-state index is 11.7. The molecule has 3 heteroatoms. The van der Waals surface area contributed by atoms with Gasteiger partial charge in [0.15, 0.2) is 0 Å². The van der Waals surface area contributed by atoms with Crippen LogP contribution in [0.2, 0.25) is 0 Å². The summed E-state index contributed by atoms with van der Waals surface area (Å²) in [7, 11) is 0.